The molecule has 0 fully saturated rings. The molecule has 3 N–H and O–H groups in total. The average molecular weight is 284 g/mol. The van der Waals surface area contributed by atoms with Crippen molar-refractivity contribution in [2.45, 2.75) is 0 Å². The largest absolute Gasteiger partial charge is 0.497 e. The lowest BCUT2D eigenvalue weighted by atomic mass is 10.0. The van der Waals surface area contributed by atoms with E-state index in [2.05, 4.69) is 20.2 Å². The predicted octanol–water partition coefficient (Wildman–Crippen LogP) is 1.29. The summed E-state index contributed by atoms with van der Waals surface area (Å²) in [6.07, 6.45) is 3.16. The molecule has 2 aromatic rings. The van der Waals surface area contributed by atoms with Crippen LogP contribution >= 0.6 is 0 Å². The molecule has 7 nitrogen and oxygen atoms in total. The molecule has 0 amide bonds. The molecule has 21 heavy (non-hydrogen) atoms. The van der Waals surface area contributed by atoms with Gasteiger partial charge in [0.1, 0.15) is 17.2 Å². The zero-order valence-electron chi connectivity index (χ0n) is 11.1. The third-order valence-electron chi connectivity index (χ3n) is 3.03. The Morgan fingerprint density at radius 2 is 2.00 bits per heavy atom. The summed E-state index contributed by atoms with van der Waals surface area (Å²) in [6, 6.07) is 7.37. The van der Waals surface area contributed by atoms with E-state index in [4.69, 9.17) is 4.74 Å². The maximum absolute atomic E-state index is 11.1. The molecule has 0 radical (unpaired) electrons. The summed E-state index contributed by atoms with van der Waals surface area (Å²) in [6.45, 7) is 0. The zero-order chi connectivity index (χ0) is 14.8. The fourth-order valence-corrected chi connectivity index (χ4v) is 1.99. The van der Waals surface area contributed by atoms with Gasteiger partial charge in [0, 0.05) is 11.1 Å². The smallest absolute Gasteiger partial charge is 0.326 e. The lowest BCUT2D eigenvalue weighted by Gasteiger charge is -2.04. The molecule has 0 bridgehead atoms. The second-order valence-corrected chi connectivity index (χ2v) is 4.36. The normalized spacial score (nSPS) is 15.5. The van der Waals surface area contributed by atoms with Gasteiger partial charge in [0.15, 0.2) is 0 Å². The topological polar surface area (TPSA) is 103 Å². The van der Waals surface area contributed by atoms with Gasteiger partial charge in [-0.2, -0.15) is 5.10 Å². The number of nitrogens with zero attached hydrogens (tertiary/aromatic N) is 2. The van der Waals surface area contributed by atoms with Crippen LogP contribution in [0.2, 0.25) is 0 Å². The van der Waals surface area contributed by atoms with E-state index in [1.54, 1.807) is 19.4 Å². The van der Waals surface area contributed by atoms with Crippen molar-refractivity contribution in [1.82, 2.24) is 9.97 Å². The van der Waals surface area contributed by atoms with Gasteiger partial charge in [0.05, 0.1) is 13.3 Å². The minimum absolute atomic E-state index is 0.220. The summed E-state index contributed by atoms with van der Waals surface area (Å²) in [5.41, 5.74) is 2.00. The number of benzene rings is 1. The minimum Gasteiger partial charge on any atom is -0.497 e. The number of methoxy groups -OCH3 is 1. The first kappa shape index (κ1) is 12.9. The molecule has 0 unspecified atom stereocenters. The van der Waals surface area contributed by atoms with Gasteiger partial charge in [-0.05, 0) is 30.3 Å². The van der Waals surface area contributed by atoms with E-state index in [1.165, 1.54) is 0 Å². The second kappa shape index (κ2) is 5.12. The van der Waals surface area contributed by atoms with Crippen LogP contribution in [0.25, 0.3) is 6.08 Å². The lowest BCUT2D eigenvalue weighted by molar-refractivity contribution is 0.415. The highest BCUT2D eigenvalue weighted by atomic mass is 16.5. The Kier molecular flexibility index (Phi) is 3.15. The van der Waals surface area contributed by atoms with Crippen molar-refractivity contribution in [3.8, 4) is 11.6 Å². The highest BCUT2D eigenvalue weighted by Gasteiger charge is 2.15. The van der Waals surface area contributed by atoms with Crippen LogP contribution in [-0.2, 0) is 0 Å². The number of nitrogens with one attached hydrogen (secondary N) is 2. The molecule has 106 valence electrons. The van der Waals surface area contributed by atoms with Gasteiger partial charge in [0.2, 0.25) is 5.88 Å². The predicted molar refractivity (Wildman–Crippen MR) is 79.1 cm³/mol. The number of ether oxygens (including phenoxy) is 1. The van der Waals surface area contributed by atoms with Crippen LogP contribution in [0.5, 0.6) is 11.6 Å². The summed E-state index contributed by atoms with van der Waals surface area (Å²) < 4.78 is 5.11. The Morgan fingerprint density at radius 3 is 2.62 bits per heavy atom. The summed E-state index contributed by atoms with van der Waals surface area (Å²) in [5, 5.41) is 17.5. The maximum atomic E-state index is 11.1. The van der Waals surface area contributed by atoms with E-state index in [9.17, 15) is 9.90 Å². The molecule has 0 atom stereocenters. The second-order valence-electron chi connectivity index (χ2n) is 4.36. The summed E-state index contributed by atoms with van der Waals surface area (Å²) in [7, 11) is 1.60. The molecule has 1 aliphatic rings. The number of aromatic nitrogens is 2. The number of aromatic amines is 2. The minimum atomic E-state index is -0.475. The Labute approximate surface area is 119 Å². The number of hydrogen-bond acceptors (Lipinski definition) is 5. The highest BCUT2D eigenvalue weighted by molar-refractivity contribution is 6.28. The van der Waals surface area contributed by atoms with Gasteiger partial charge in [0.25, 0.3) is 0 Å². The van der Waals surface area contributed by atoms with Gasteiger partial charge in [-0.1, -0.05) is 0 Å². The maximum Gasteiger partial charge on any atom is 0.326 e. The van der Waals surface area contributed by atoms with Crippen LogP contribution < -0.4 is 10.4 Å². The van der Waals surface area contributed by atoms with Gasteiger partial charge in [-0.25, -0.2) is 4.79 Å². The molecule has 2 heterocycles. The van der Waals surface area contributed by atoms with Crippen molar-refractivity contribution in [1.29, 1.82) is 0 Å². The first-order valence-electron chi connectivity index (χ1n) is 6.16. The molecule has 0 saturated heterocycles. The molecule has 1 aromatic carbocycles. The number of H-pyrrole nitrogens is 2. The van der Waals surface area contributed by atoms with Crippen LogP contribution in [0.15, 0.2) is 44.8 Å². The molecule has 7 heteroatoms. The molecule has 0 aliphatic carbocycles. The number of imidazole rings is 1. The Morgan fingerprint density at radius 1 is 1.24 bits per heavy atom. The Bertz CT molecular complexity index is 809. The van der Waals surface area contributed by atoms with E-state index in [-0.39, 0.29) is 11.6 Å². The number of aromatic hydroxyl groups is 1. The van der Waals surface area contributed by atoms with Gasteiger partial charge in [-0.3, -0.25) is 4.98 Å². The summed E-state index contributed by atoms with van der Waals surface area (Å²) in [5.74, 6) is 0.526. The fourth-order valence-electron chi connectivity index (χ4n) is 1.99. The number of hydrogen-bond donors (Lipinski definition) is 3. The zero-order valence-corrected chi connectivity index (χ0v) is 11.1. The molecular formula is C14H12N4O3. The van der Waals surface area contributed by atoms with Gasteiger partial charge in [-0.15, -0.1) is 5.10 Å². The van der Waals surface area contributed by atoms with E-state index in [0.717, 1.165) is 11.3 Å². The molecule has 1 aliphatic heterocycles. The van der Waals surface area contributed by atoms with Crippen molar-refractivity contribution < 1.29 is 9.84 Å². The van der Waals surface area contributed by atoms with Crippen LogP contribution in [0.4, 0.5) is 0 Å². The van der Waals surface area contributed by atoms with Crippen molar-refractivity contribution >= 4 is 18.0 Å². The molecule has 3 rings (SSSR count). The summed E-state index contributed by atoms with van der Waals surface area (Å²) in [4.78, 5) is 15.9. The van der Waals surface area contributed by atoms with Crippen LogP contribution in [0.1, 0.15) is 11.3 Å². The highest BCUT2D eigenvalue weighted by Crippen LogP contribution is 2.20. The quantitative estimate of drug-likeness (QED) is 0.791. The average Bonchev–Trinajstić information content (AvgIpc) is 3.06. The molecule has 1 aromatic heterocycles. The third-order valence-corrected chi connectivity index (χ3v) is 3.03. The van der Waals surface area contributed by atoms with E-state index in [0.29, 0.717) is 11.3 Å². The van der Waals surface area contributed by atoms with E-state index >= 15 is 0 Å². The molecular weight excluding hydrogens is 272 g/mol. The standard InChI is InChI=1S/C14H12N4O3/c1-21-10-4-2-8(3-5-10)12-9(7-15-18-12)6-11-13(19)17-14(20)16-11/h2-7,19H,1H3,(H2,16,17,20)/b9-6-. The van der Waals surface area contributed by atoms with E-state index < -0.39 is 5.69 Å². The first-order chi connectivity index (χ1) is 10.2. The Balaban J connectivity index is 1.96. The first-order valence-corrected chi connectivity index (χ1v) is 6.16. The molecule has 0 spiro atoms. The number of allylic oxidation sites excluding steroid dienone is 1. The molecule has 0 saturated carbocycles. The van der Waals surface area contributed by atoms with E-state index in [1.807, 2.05) is 24.3 Å². The van der Waals surface area contributed by atoms with Crippen LogP contribution in [0.3, 0.4) is 0 Å². The van der Waals surface area contributed by atoms with Crippen LogP contribution in [0, 0.1) is 0 Å². The Hall–Kier alpha value is -3.09. The van der Waals surface area contributed by atoms with Gasteiger partial charge >= 0.3 is 5.69 Å². The van der Waals surface area contributed by atoms with Crippen molar-refractivity contribution in [3.05, 3.63) is 51.6 Å². The SMILES string of the molecule is COc1ccc(C2=NN=C/C2=C/c2[nH]c(=O)[nH]c2O)cc1. The monoisotopic (exact) mass is 284 g/mol. The summed E-state index contributed by atoms with van der Waals surface area (Å²) >= 11 is 0. The fraction of sp³-hybridized carbons (Fsp3) is 0.0714. The van der Waals surface area contributed by atoms with Crippen LogP contribution in [-0.4, -0.2) is 34.1 Å². The van der Waals surface area contributed by atoms with Crippen molar-refractivity contribution in [2.24, 2.45) is 10.2 Å². The lowest BCUT2D eigenvalue weighted by Crippen LogP contribution is -2.03. The third kappa shape index (κ3) is 2.48. The van der Waals surface area contributed by atoms with Gasteiger partial charge < -0.3 is 14.8 Å². The van der Waals surface area contributed by atoms with Crippen molar-refractivity contribution in [2.75, 3.05) is 7.11 Å². The number of rotatable bonds is 3. The van der Waals surface area contributed by atoms with Crippen molar-refractivity contribution in [3.63, 3.8) is 0 Å².